The third kappa shape index (κ3) is 5.06. The average molecular weight is 569 g/mol. The molecule has 0 fully saturated rings. The Morgan fingerprint density at radius 1 is 0.951 bits per heavy atom. The molecule has 41 heavy (non-hydrogen) atoms. The van der Waals surface area contributed by atoms with Gasteiger partial charge in [-0.05, 0) is 66.6 Å². The number of nitrogens with one attached hydrogen (secondary N) is 1. The first-order chi connectivity index (χ1) is 19.6. The predicted octanol–water partition coefficient (Wildman–Crippen LogP) is 6.24. The van der Waals surface area contributed by atoms with E-state index in [2.05, 4.69) is 28.5 Å². The fraction of sp³-hybridized carbons (Fsp3) is 0.281. The fourth-order valence-electron chi connectivity index (χ4n) is 5.87. The lowest BCUT2D eigenvalue weighted by Gasteiger charge is -2.41. The van der Waals surface area contributed by atoms with Gasteiger partial charge in [-0.3, -0.25) is 4.79 Å². The summed E-state index contributed by atoms with van der Waals surface area (Å²) in [6, 6.07) is 21.6. The summed E-state index contributed by atoms with van der Waals surface area (Å²) in [6.45, 7) is 8.52. The number of nitrogens with zero attached hydrogens (tertiary/aromatic N) is 3. The first-order valence-electron chi connectivity index (χ1n) is 13.8. The maximum atomic E-state index is 14.1. The summed E-state index contributed by atoms with van der Waals surface area (Å²) in [4.78, 5) is 24.9. The second kappa shape index (κ2) is 10.3. The van der Waals surface area contributed by atoms with E-state index < -0.39 is 16.1 Å². The van der Waals surface area contributed by atoms with Crippen molar-refractivity contribution in [3.8, 4) is 17.1 Å². The van der Waals surface area contributed by atoms with Crippen LogP contribution in [0.1, 0.15) is 65.0 Å². The summed E-state index contributed by atoms with van der Waals surface area (Å²) in [5, 5.41) is 0. The Bertz CT molecular complexity index is 1750. The molecule has 6 rings (SSSR count). The highest BCUT2D eigenvalue weighted by Gasteiger charge is 2.38. The number of ether oxygens (including phenoxy) is 1. The van der Waals surface area contributed by atoms with Gasteiger partial charge in [0.1, 0.15) is 6.10 Å². The maximum Gasteiger partial charge on any atom is 0.264 e. The van der Waals surface area contributed by atoms with Crippen LogP contribution in [0.3, 0.4) is 0 Å². The molecule has 1 aromatic heterocycles. The molecule has 3 aromatic carbocycles. The minimum absolute atomic E-state index is 0.0412. The van der Waals surface area contributed by atoms with Gasteiger partial charge in [0.15, 0.2) is 0 Å². The number of fused-ring (bicyclic) bond motifs is 8. The van der Waals surface area contributed by atoms with Crippen molar-refractivity contribution >= 4 is 21.9 Å². The molecule has 8 nitrogen and oxygen atoms in total. The molecular weight excluding hydrogens is 536 g/mol. The molecule has 2 unspecified atom stereocenters. The lowest BCUT2D eigenvalue weighted by Crippen LogP contribution is -2.44. The molecule has 210 valence electrons. The molecule has 6 bridgehead atoms. The number of amides is 1. The van der Waals surface area contributed by atoms with E-state index in [1.165, 1.54) is 12.1 Å². The Hall–Kier alpha value is -4.24. The van der Waals surface area contributed by atoms with Crippen LogP contribution in [0.4, 0.5) is 5.95 Å². The first-order valence-corrected chi connectivity index (χ1v) is 15.2. The van der Waals surface area contributed by atoms with E-state index in [0.717, 1.165) is 34.2 Å². The van der Waals surface area contributed by atoms with Crippen LogP contribution < -0.4 is 9.46 Å². The Morgan fingerprint density at radius 3 is 2.39 bits per heavy atom. The second-order valence-corrected chi connectivity index (χ2v) is 12.8. The smallest absolute Gasteiger partial charge is 0.264 e. The van der Waals surface area contributed by atoms with E-state index in [1.807, 2.05) is 61.2 Å². The number of aryl methyl sites for hydroxylation is 2. The lowest BCUT2D eigenvalue weighted by molar-refractivity contribution is 0.0440. The highest BCUT2D eigenvalue weighted by atomic mass is 32.2. The molecule has 2 aliphatic heterocycles. The summed E-state index contributed by atoms with van der Waals surface area (Å²) in [5.41, 5.74) is 5.71. The van der Waals surface area contributed by atoms with Crippen molar-refractivity contribution in [2.75, 3.05) is 11.3 Å². The lowest BCUT2D eigenvalue weighted by atomic mass is 9.86. The molecule has 1 amide bonds. The third-order valence-electron chi connectivity index (χ3n) is 7.72. The number of rotatable bonds is 3. The van der Waals surface area contributed by atoms with Gasteiger partial charge in [0, 0.05) is 17.2 Å². The molecule has 0 spiro atoms. The fourth-order valence-corrected chi connectivity index (χ4v) is 6.86. The summed E-state index contributed by atoms with van der Waals surface area (Å²) in [7, 11) is -4.11. The van der Waals surface area contributed by atoms with Crippen molar-refractivity contribution < 1.29 is 17.9 Å². The van der Waals surface area contributed by atoms with Crippen molar-refractivity contribution in [2.24, 2.45) is 5.92 Å². The Labute approximate surface area is 240 Å². The van der Waals surface area contributed by atoms with Gasteiger partial charge in [0.2, 0.25) is 11.8 Å². The zero-order valence-electron chi connectivity index (χ0n) is 23.5. The number of carbonyl (C=O) groups excluding carboxylic acids is 1. The number of hydrogen-bond acceptors (Lipinski definition) is 6. The van der Waals surface area contributed by atoms with Crippen LogP contribution in [0.15, 0.2) is 77.7 Å². The number of hydrogen-bond donors (Lipinski definition) is 1. The molecule has 2 aliphatic rings. The van der Waals surface area contributed by atoms with E-state index in [9.17, 15) is 13.2 Å². The maximum absolute atomic E-state index is 14.1. The molecule has 1 N–H and O–H groups in total. The molecule has 0 saturated carbocycles. The highest BCUT2D eigenvalue weighted by molar-refractivity contribution is 7.92. The zero-order chi connectivity index (χ0) is 28.9. The Morgan fingerprint density at radius 2 is 1.66 bits per heavy atom. The SMILES string of the molecule is Cc1cccc(C)c1-c1cc2nc(n1)NS(=O)(=O)c1cccc(c1)C(=O)N1CC(O2)c2ccccc2C1CC(C)C. The standard InChI is InChI=1S/C32H32N4O4S/c1-19(2)15-27-24-13-5-6-14-25(24)28-18-36(27)31(37)22-11-8-12-23(16-22)41(38,39)35-32-33-26(17-29(34-32)40-28)30-20(3)9-7-10-21(30)4/h5-14,16-17,19,27-28H,15,18H2,1-4H3,(H,33,34,35). The van der Waals surface area contributed by atoms with Gasteiger partial charge in [0.25, 0.3) is 15.9 Å². The van der Waals surface area contributed by atoms with Gasteiger partial charge in [-0.25, -0.2) is 18.1 Å². The van der Waals surface area contributed by atoms with Crippen LogP contribution in [-0.4, -0.2) is 35.7 Å². The minimum Gasteiger partial charge on any atom is -0.467 e. The summed E-state index contributed by atoms with van der Waals surface area (Å²) >= 11 is 0. The number of benzene rings is 3. The van der Waals surface area contributed by atoms with E-state index in [1.54, 1.807) is 18.2 Å². The van der Waals surface area contributed by atoms with E-state index in [4.69, 9.17) is 4.74 Å². The predicted molar refractivity (Wildman–Crippen MR) is 157 cm³/mol. The molecular formula is C32H32N4O4S. The van der Waals surface area contributed by atoms with Gasteiger partial charge in [-0.2, -0.15) is 4.98 Å². The number of carbonyl (C=O) groups is 1. The van der Waals surface area contributed by atoms with Crippen molar-refractivity contribution in [1.29, 1.82) is 0 Å². The van der Waals surface area contributed by atoms with Crippen LogP contribution in [0.25, 0.3) is 11.3 Å². The van der Waals surface area contributed by atoms with E-state index >= 15 is 0 Å². The largest absolute Gasteiger partial charge is 0.467 e. The third-order valence-corrected chi connectivity index (χ3v) is 9.04. The van der Waals surface area contributed by atoms with Crippen molar-refractivity contribution in [3.63, 3.8) is 0 Å². The van der Waals surface area contributed by atoms with Gasteiger partial charge < -0.3 is 9.64 Å². The van der Waals surface area contributed by atoms with Crippen LogP contribution in [-0.2, 0) is 10.0 Å². The molecule has 9 heteroatoms. The van der Waals surface area contributed by atoms with Crippen LogP contribution in [0, 0.1) is 19.8 Å². The van der Waals surface area contributed by atoms with Gasteiger partial charge in [-0.15, -0.1) is 0 Å². The molecule has 0 saturated heterocycles. The highest BCUT2D eigenvalue weighted by Crippen LogP contribution is 2.41. The first kappa shape index (κ1) is 27.0. The van der Waals surface area contributed by atoms with Gasteiger partial charge >= 0.3 is 0 Å². The van der Waals surface area contributed by atoms with Crippen LogP contribution in [0.2, 0.25) is 0 Å². The van der Waals surface area contributed by atoms with E-state index in [-0.39, 0.29) is 35.2 Å². The number of aromatic nitrogens is 2. The summed E-state index contributed by atoms with van der Waals surface area (Å²) in [5.74, 6) is 0.192. The number of sulfonamides is 1. The quantitative estimate of drug-likeness (QED) is 0.314. The van der Waals surface area contributed by atoms with Gasteiger partial charge in [0.05, 0.1) is 23.2 Å². The monoisotopic (exact) mass is 568 g/mol. The molecule has 3 heterocycles. The van der Waals surface area contributed by atoms with Gasteiger partial charge in [-0.1, -0.05) is 62.4 Å². The van der Waals surface area contributed by atoms with E-state index in [0.29, 0.717) is 17.2 Å². The van der Waals surface area contributed by atoms with Crippen molar-refractivity contribution in [3.05, 3.63) is 101 Å². The molecule has 4 aromatic rings. The van der Waals surface area contributed by atoms with Crippen molar-refractivity contribution in [2.45, 2.75) is 51.2 Å². The van der Waals surface area contributed by atoms with Crippen LogP contribution >= 0.6 is 0 Å². The minimum atomic E-state index is -4.11. The zero-order valence-corrected chi connectivity index (χ0v) is 24.3. The van der Waals surface area contributed by atoms with Crippen LogP contribution in [0.5, 0.6) is 5.88 Å². The Kier molecular flexibility index (Phi) is 6.77. The Balaban J connectivity index is 1.59. The second-order valence-electron chi connectivity index (χ2n) is 11.2. The number of anilines is 1. The normalized spacial score (nSPS) is 19.2. The topological polar surface area (TPSA) is 101 Å². The molecule has 0 aliphatic carbocycles. The molecule has 0 radical (unpaired) electrons. The average Bonchev–Trinajstić information content (AvgIpc) is 2.93. The van der Waals surface area contributed by atoms with Crippen molar-refractivity contribution in [1.82, 2.24) is 14.9 Å². The summed E-state index contributed by atoms with van der Waals surface area (Å²) < 4.78 is 36.1. The summed E-state index contributed by atoms with van der Waals surface area (Å²) in [6.07, 6.45) is 0.233. The molecule has 2 atom stereocenters.